The van der Waals surface area contributed by atoms with Crippen LogP contribution in [0.1, 0.15) is 33.3 Å². The fourth-order valence-electron chi connectivity index (χ4n) is 1.78. The fraction of sp³-hybridized carbons (Fsp3) is 0.562. The van der Waals surface area contributed by atoms with Crippen LogP contribution in [-0.4, -0.2) is 29.3 Å². The summed E-state index contributed by atoms with van der Waals surface area (Å²) in [5.74, 6) is -0.233. The Hall–Kier alpha value is -1.62. The molecule has 0 spiro atoms. The van der Waals surface area contributed by atoms with Crippen molar-refractivity contribution in [3.05, 3.63) is 35.6 Å². The molecule has 0 radical (unpaired) electrons. The van der Waals surface area contributed by atoms with E-state index in [0.717, 1.165) is 0 Å². The Morgan fingerprint density at radius 1 is 1.33 bits per heavy atom. The second-order valence-electron chi connectivity index (χ2n) is 6.04. The van der Waals surface area contributed by atoms with Crippen molar-refractivity contribution in [2.45, 2.75) is 45.8 Å². The molecular weight excluding hydrogens is 271 g/mol. The maximum atomic E-state index is 13.5. The first-order chi connectivity index (χ1) is 9.72. The average Bonchev–Trinajstić information content (AvgIpc) is 2.39. The minimum atomic E-state index is -0.952. The molecule has 1 aromatic carbocycles. The molecule has 0 aromatic heterocycles. The number of halogens is 1. The number of benzene rings is 1. The first-order valence-electron chi connectivity index (χ1n) is 7.22. The molecule has 4 nitrogen and oxygen atoms in total. The van der Waals surface area contributed by atoms with E-state index in [0.29, 0.717) is 12.0 Å². The van der Waals surface area contributed by atoms with Crippen LogP contribution >= 0.6 is 0 Å². The molecule has 0 bridgehead atoms. The van der Waals surface area contributed by atoms with Crippen molar-refractivity contribution in [1.82, 2.24) is 10.6 Å². The normalized spacial score (nSPS) is 15.4. The highest BCUT2D eigenvalue weighted by atomic mass is 19.1. The molecule has 0 aliphatic rings. The molecular formula is C16H25FN2O2. The first kappa shape index (κ1) is 17.4. The van der Waals surface area contributed by atoms with Crippen molar-refractivity contribution < 1.29 is 14.3 Å². The van der Waals surface area contributed by atoms with Crippen molar-refractivity contribution in [2.24, 2.45) is 5.92 Å². The van der Waals surface area contributed by atoms with E-state index in [1.807, 2.05) is 20.8 Å². The molecule has 2 atom stereocenters. The zero-order chi connectivity index (χ0) is 16.0. The number of hydrogen-bond donors (Lipinski definition) is 3. The van der Waals surface area contributed by atoms with Crippen molar-refractivity contribution in [2.75, 3.05) is 6.54 Å². The number of nitrogens with one attached hydrogen (secondary N) is 2. The molecule has 21 heavy (non-hydrogen) atoms. The lowest BCUT2D eigenvalue weighted by molar-refractivity contribution is 0.0165. The van der Waals surface area contributed by atoms with Crippen LogP contribution in [0.3, 0.4) is 0 Å². The van der Waals surface area contributed by atoms with Gasteiger partial charge < -0.3 is 15.7 Å². The molecule has 1 rings (SSSR count). The van der Waals surface area contributed by atoms with Gasteiger partial charge in [-0.2, -0.15) is 0 Å². The molecule has 3 N–H and O–H groups in total. The molecule has 0 heterocycles. The van der Waals surface area contributed by atoms with Gasteiger partial charge in [0, 0.05) is 12.6 Å². The zero-order valence-electron chi connectivity index (χ0n) is 13.1. The third-order valence-electron chi connectivity index (χ3n) is 3.71. The molecule has 0 saturated carbocycles. The number of amides is 2. The van der Waals surface area contributed by atoms with Crippen LogP contribution in [0.15, 0.2) is 24.3 Å². The molecule has 2 unspecified atom stereocenters. The summed E-state index contributed by atoms with van der Waals surface area (Å²) < 4.78 is 13.5. The predicted molar refractivity (Wildman–Crippen MR) is 81.6 cm³/mol. The lowest BCUT2D eigenvalue weighted by atomic mass is 9.93. The van der Waals surface area contributed by atoms with Gasteiger partial charge in [-0.25, -0.2) is 9.18 Å². The summed E-state index contributed by atoms with van der Waals surface area (Å²) in [6.45, 7) is 7.44. The summed E-state index contributed by atoms with van der Waals surface area (Å²) in [6, 6.07) is 5.95. The molecule has 118 valence electrons. The van der Waals surface area contributed by atoms with Gasteiger partial charge in [0.2, 0.25) is 0 Å². The van der Waals surface area contributed by atoms with Crippen LogP contribution in [0.25, 0.3) is 0 Å². The Balaban J connectivity index is 2.43. The van der Waals surface area contributed by atoms with Gasteiger partial charge in [0.25, 0.3) is 0 Å². The van der Waals surface area contributed by atoms with Gasteiger partial charge in [0.05, 0.1) is 5.60 Å². The van der Waals surface area contributed by atoms with E-state index in [1.54, 1.807) is 25.1 Å². The topological polar surface area (TPSA) is 61.4 Å². The van der Waals surface area contributed by atoms with Crippen molar-refractivity contribution in [3.8, 4) is 0 Å². The van der Waals surface area contributed by atoms with Gasteiger partial charge in [-0.1, -0.05) is 32.0 Å². The van der Waals surface area contributed by atoms with E-state index >= 15 is 0 Å². The Morgan fingerprint density at radius 3 is 2.52 bits per heavy atom. The minimum absolute atomic E-state index is 0.0358. The van der Waals surface area contributed by atoms with E-state index < -0.39 is 5.60 Å². The molecule has 1 aromatic rings. The Bertz CT molecular complexity index is 475. The third-order valence-corrected chi connectivity index (χ3v) is 3.71. The summed E-state index contributed by atoms with van der Waals surface area (Å²) in [5, 5.41) is 15.4. The van der Waals surface area contributed by atoms with E-state index in [1.165, 1.54) is 6.07 Å². The molecule has 0 fully saturated rings. The monoisotopic (exact) mass is 296 g/mol. The van der Waals surface area contributed by atoms with Crippen LogP contribution in [0.2, 0.25) is 0 Å². The lowest BCUT2D eigenvalue weighted by Crippen LogP contribution is -2.49. The van der Waals surface area contributed by atoms with Crippen molar-refractivity contribution >= 4 is 6.03 Å². The molecule has 2 amide bonds. The maximum absolute atomic E-state index is 13.5. The van der Waals surface area contributed by atoms with E-state index in [9.17, 15) is 14.3 Å². The standard InChI is InChI=1S/C16H25FN2O2/c1-11(2)16(4,21)10-18-15(20)19-12(3)9-13-7-5-6-8-14(13)17/h5-8,11-12,21H,9-10H2,1-4H3,(H2,18,19,20). The zero-order valence-corrected chi connectivity index (χ0v) is 13.1. The largest absolute Gasteiger partial charge is 0.388 e. The van der Waals surface area contributed by atoms with Crippen LogP contribution in [-0.2, 0) is 6.42 Å². The Labute approximate surface area is 125 Å². The summed E-state index contributed by atoms with van der Waals surface area (Å²) in [7, 11) is 0. The smallest absolute Gasteiger partial charge is 0.315 e. The Morgan fingerprint density at radius 2 is 1.95 bits per heavy atom. The summed E-state index contributed by atoms with van der Waals surface area (Å²) in [4.78, 5) is 11.8. The molecule has 0 aliphatic heterocycles. The fourth-order valence-corrected chi connectivity index (χ4v) is 1.78. The second-order valence-corrected chi connectivity index (χ2v) is 6.04. The van der Waals surface area contributed by atoms with Gasteiger partial charge >= 0.3 is 6.03 Å². The van der Waals surface area contributed by atoms with Crippen LogP contribution < -0.4 is 10.6 Å². The van der Waals surface area contributed by atoms with Gasteiger partial charge in [0.15, 0.2) is 0 Å². The van der Waals surface area contributed by atoms with Gasteiger partial charge in [-0.3, -0.25) is 0 Å². The summed E-state index contributed by atoms with van der Waals surface area (Å²) >= 11 is 0. The highest BCUT2D eigenvalue weighted by Gasteiger charge is 2.25. The quantitative estimate of drug-likeness (QED) is 0.755. The van der Waals surface area contributed by atoms with E-state index in [4.69, 9.17) is 0 Å². The predicted octanol–water partition coefficient (Wildman–Crippen LogP) is 2.46. The van der Waals surface area contributed by atoms with Gasteiger partial charge in [0.1, 0.15) is 5.82 Å². The highest BCUT2D eigenvalue weighted by molar-refractivity contribution is 5.74. The first-order valence-corrected chi connectivity index (χ1v) is 7.22. The van der Waals surface area contributed by atoms with E-state index in [-0.39, 0.29) is 30.4 Å². The summed E-state index contributed by atoms with van der Waals surface area (Å²) in [5.41, 5.74) is -0.383. The highest BCUT2D eigenvalue weighted by Crippen LogP contribution is 2.14. The van der Waals surface area contributed by atoms with Crippen molar-refractivity contribution in [3.63, 3.8) is 0 Å². The van der Waals surface area contributed by atoms with Crippen LogP contribution in [0, 0.1) is 11.7 Å². The lowest BCUT2D eigenvalue weighted by Gasteiger charge is -2.28. The van der Waals surface area contributed by atoms with Crippen LogP contribution in [0.5, 0.6) is 0 Å². The third kappa shape index (κ3) is 5.71. The molecule has 0 aliphatic carbocycles. The number of aliphatic hydroxyl groups is 1. The summed E-state index contributed by atoms with van der Waals surface area (Å²) in [6.07, 6.45) is 0.417. The van der Waals surface area contributed by atoms with E-state index in [2.05, 4.69) is 10.6 Å². The molecule has 5 heteroatoms. The number of hydrogen-bond acceptors (Lipinski definition) is 2. The average molecular weight is 296 g/mol. The number of urea groups is 1. The van der Waals surface area contributed by atoms with Gasteiger partial charge in [-0.15, -0.1) is 0 Å². The second kappa shape index (κ2) is 7.41. The maximum Gasteiger partial charge on any atom is 0.315 e. The van der Waals surface area contributed by atoms with Crippen molar-refractivity contribution in [1.29, 1.82) is 0 Å². The number of carbonyl (C=O) groups excluding carboxylic acids is 1. The SMILES string of the molecule is CC(Cc1ccccc1F)NC(=O)NCC(C)(O)C(C)C. The number of rotatable bonds is 6. The molecule has 0 saturated heterocycles. The number of carbonyl (C=O) groups is 1. The van der Waals surface area contributed by atoms with Crippen LogP contribution in [0.4, 0.5) is 9.18 Å². The Kier molecular flexibility index (Phi) is 6.15. The minimum Gasteiger partial charge on any atom is -0.388 e. The van der Waals surface area contributed by atoms with Gasteiger partial charge in [-0.05, 0) is 37.8 Å².